The Kier molecular flexibility index (Phi) is 7.44. The molecule has 0 saturated carbocycles. The topological polar surface area (TPSA) is 134 Å². The second-order valence-corrected chi connectivity index (χ2v) is 3.51. The zero-order valence-electron chi connectivity index (χ0n) is 10.1. The molecule has 0 aromatic heterocycles. The van der Waals surface area contributed by atoms with Crippen LogP contribution in [0.2, 0.25) is 0 Å². The lowest BCUT2D eigenvalue weighted by Gasteiger charge is -2.26. The lowest BCUT2D eigenvalue weighted by Crippen LogP contribution is -2.50. The Labute approximate surface area is 104 Å². The van der Waals surface area contributed by atoms with Crippen LogP contribution in [0.5, 0.6) is 0 Å². The minimum absolute atomic E-state index is 0.0119. The number of rotatable bonds is 7. The summed E-state index contributed by atoms with van der Waals surface area (Å²) in [4.78, 5) is 22.2. The standard InChI is InChI=1S/C10H18O8/c1-3-17-10(16)9(18-5(2)12)8(15)7(14)6(13)4-11/h6-9,11,13-15H,3-4H2,1-2H3/t6-,7-,8+,9-/m1/s1. The third kappa shape index (κ3) is 4.96. The van der Waals surface area contributed by atoms with E-state index < -0.39 is 43.0 Å². The number of hydrogen-bond donors (Lipinski definition) is 4. The molecule has 0 bridgehead atoms. The molecule has 0 aromatic carbocycles. The van der Waals surface area contributed by atoms with Crippen molar-refractivity contribution in [2.45, 2.75) is 38.3 Å². The predicted octanol–water partition coefficient (Wildman–Crippen LogP) is -2.44. The molecule has 0 aromatic rings. The van der Waals surface area contributed by atoms with E-state index in [-0.39, 0.29) is 6.61 Å². The third-order valence-electron chi connectivity index (χ3n) is 2.05. The molecule has 0 unspecified atom stereocenters. The highest BCUT2D eigenvalue weighted by Gasteiger charge is 2.38. The molecule has 8 heteroatoms. The van der Waals surface area contributed by atoms with Crippen LogP contribution >= 0.6 is 0 Å². The van der Waals surface area contributed by atoms with E-state index in [0.29, 0.717) is 0 Å². The molecule has 18 heavy (non-hydrogen) atoms. The second kappa shape index (κ2) is 7.98. The maximum atomic E-state index is 11.4. The smallest absolute Gasteiger partial charge is 0.350 e. The first-order valence-corrected chi connectivity index (χ1v) is 5.34. The Morgan fingerprint density at radius 2 is 1.72 bits per heavy atom. The highest BCUT2D eigenvalue weighted by Crippen LogP contribution is 2.10. The van der Waals surface area contributed by atoms with Gasteiger partial charge in [0.15, 0.2) is 0 Å². The zero-order valence-corrected chi connectivity index (χ0v) is 10.1. The molecule has 0 saturated heterocycles. The number of aliphatic hydroxyl groups excluding tert-OH is 4. The average Bonchev–Trinajstić information content (AvgIpc) is 2.33. The number of ether oxygens (including phenoxy) is 2. The Bertz CT molecular complexity index is 279. The number of hydrogen-bond acceptors (Lipinski definition) is 8. The SMILES string of the molecule is CCOC(=O)[C@H](OC(C)=O)[C@@H](O)[C@H](O)[C@H](O)CO. The van der Waals surface area contributed by atoms with Crippen LogP contribution in [0.15, 0.2) is 0 Å². The minimum atomic E-state index is -1.91. The van der Waals surface area contributed by atoms with Crippen molar-refractivity contribution in [3.8, 4) is 0 Å². The molecule has 0 amide bonds. The van der Waals surface area contributed by atoms with Crippen molar-refractivity contribution in [2.75, 3.05) is 13.2 Å². The molecule has 0 heterocycles. The number of carbonyl (C=O) groups is 2. The Morgan fingerprint density at radius 3 is 2.11 bits per heavy atom. The predicted molar refractivity (Wildman–Crippen MR) is 57.3 cm³/mol. The summed E-state index contributed by atoms with van der Waals surface area (Å²) < 4.78 is 9.08. The van der Waals surface area contributed by atoms with E-state index in [9.17, 15) is 19.8 Å². The largest absolute Gasteiger partial charge is 0.463 e. The van der Waals surface area contributed by atoms with Gasteiger partial charge in [-0.15, -0.1) is 0 Å². The first-order valence-electron chi connectivity index (χ1n) is 5.34. The van der Waals surface area contributed by atoms with Gasteiger partial charge in [-0.3, -0.25) is 4.79 Å². The highest BCUT2D eigenvalue weighted by molar-refractivity contribution is 5.79. The fraction of sp³-hybridized carbons (Fsp3) is 0.800. The highest BCUT2D eigenvalue weighted by atomic mass is 16.6. The Balaban J connectivity index is 4.83. The summed E-state index contributed by atoms with van der Waals surface area (Å²) in [5, 5.41) is 36.8. The van der Waals surface area contributed by atoms with E-state index in [4.69, 9.17) is 10.2 Å². The van der Waals surface area contributed by atoms with Crippen LogP contribution in [0, 0.1) is 0 Å². The van der Waals surface area contributed by atoms with Gasteiger partial charge in [-0.1, -0.05) is 0 Å². The molecule has 0 rings (SSSR count). The minimum Gasteiger partial charge on any atom is -0.463 e. The van der Waals surface area contributed by atoms with Crippen molar-refractivity contribution in [1.29, 1.82) is 0 Å². The van der Waals surface area contributed by atoms with Gasteiger partial charge in [-0.2, -0.15) is 0 Å². The lowest BCUT2D eigenvalue weighted by atomic mass is 10.0. The maximum absolute atomic E-state index is 11.4. The fourth-order valence-electron chi connectivity index (χ4n) is 1.18. The molecule has 0 radical (unpaired) electrons. The Morgan fingerprint density at radius 1 is 1.17 bits per heavy atom. The molecule has 0 aliphatic rings. The molecule has 8 nitrogen and oxygen atoms in total. The zero-order chi connectivity index (χ0) is 14.3. The van der Waals surface area contributed by atoms with Crippen molar-refractivity contribution in [3.63, 3.8) is 0 Å². The number of aliphatic hydroxyl groups is 4. The van der Waals surface area contributed by atoms with E-state index in [1.54, 1.807) is 0 Å². The fourth-order valence-corrected chi connectivity index (χ4v) is 1.18. The van der Waals surface area contributed by atoms with Gasteiger partial charge in [0.05, 0.1) is 13.2 Å². The molecule has 0 spiro atoms. The summed E-state index contributed by atoms with van der Waals surface area (Å²) >= 11 is 0. The van der Waals surface area contributed by atoms with Crippen LogP contribution in [0.1, 0.15) is 13.8 Å². The van der Waals surface area contributed by atoms with Crippen LogP contribution in [-0.2, 0) is 19.1 Å². The van der Waals surface area contributed by atoms with E-state index in [2.05, 4.69) is 9.47 Å². The van der Waals surface area contributed by atoms with Crippen molar-refractivity contribution in [3.05, 3.63) is 0 Å². The van der Waals surface area contributed by atoms with Crippen molar-refractivity contribution in [1.82, 2.24) is 0 Å². The van der Waals surface area contributed by atoms with Crippen LogP contribution < -0.4 is 0 Å². The van der Waals surface area contributed by atoms with Crippen molar-refractivity contribution in [2.24, 2.45) is 0 Å². The van der Waals surface area contributed by atoms with Crippen LogP contribution in [0.3, 0.4) is 0 Å². The average molecular weight is 266 g/mol. The van der Waals surface area contributed by atoms with Gasteiger partial charge in [-0.25, -0.2) is 4.79 Å². The summed E-state index contributed by atoms with van der Waals surface area (Å²) in [6, 6.07) is 0. The normalized spacial score (nSPS) is 17.4. The monoisotopic (exact) mass is 266 g/mol. The second-order valence-electron chi connectivity index (χ2n) is 3.51. The molecule has 0 fully saturated rings. The van der Waals surface area contributed by atoms with Crippen LogP contribution in [0.4, 0.5) is 0 Å². The summed E-state index contributed by atoms with van der Waals surface area (Å²) in [5.41, 5.74) is 0. The summed E-state index contributed by atoms with van der Waals surface area (Å²) in [6.45, 7) is 1.68. The third-order valence-corrected chi connectivity index (χ3v) is 2.05. The summed E-state index contributed by atoms with van der Waals surface area (Å²) in [5.74, 6) is -1.91. The van der Waals surface area contributed by atoms with Crippen molar-refractivity contribution < 1.29 is 39.5 Å². The van der Waals surface area contributed by atoms with E-state index in [1.165, 1.54) is 6.92 Å². The van der Waals surface area contributed by atoms with Gasteiger partial charge in [0.2, 0.25) is 6.10 Å². The number of carbonyl (C=O) groups excluding carboxylic acids is 2. The van der Waals surface area contributed by atoms with Gasteiger partial charge in [0.1, 0.15) is 18.3 Å². The van der Waals surface area contributed by atoms with Gasteiger partial charge in [0.25, 0.3) is 0 Å². The van der Waals surface area contributed by atoms with Gasteiger partial charge in [-0.05, 0) is 6.92 Å². The number of esters is 2. The van der Waals surface area contributed by atoms with Crippen molar-refractivity contribution >= 4 is 11.9 Å². The maximum Gasteiger partial charge on any atom is 0.350 e. The molecule has 0 aliphatic carbocycles. The molecule has 4 atom stereocenters. The molecule has 0 aliphatic heterocycles. The lowest BCUT2D eigenvalue weighted by molar-refractivity contribution is -0.184. The van der Waals surface area contributed by atoms with Crippen LogP contribution in [0.25, 0.3) is 0 Å². The molecular formula is C10H18O8. The Hall–Kier alpha value is -1.22. The van der Waals surface area contributed by atoms with E-state index in [1.807, 2.05) is 0 Å². The molecule has 106 valence electrons. The van der Waals surface area contributed by atoms with Gasteiger partial charge >= 0.3 is 11.9 Å². The first kappa shape index (κ1) is 16.8. The summed E-state index contributed by atoms with van der Waals surface area (Å²) in [6.07, 6.45) is -7.20. The summed E-state index contributed by atoms with van der Waals surface area (Å²) in [7, 11) is 0. The molecular weight excluding hydrogens is 248 g/mol. The van der Waals surface area contributed by atoms with Crippen LogP contribution in [-0.4, -0.2) is 70.0 Å². The first-order chi connectivity index (χ1) is 8.34. The van der Waals surface area contributed by atoms with E-state index >= 15 is 0 Å². The van der Waals surface area contributed by atoms with Gasteiger partial charge in [0, 0.05) is 6.92 Å². The quantitative estimate of drug-likeness (QED) is 0.373. The van der Waals surface area contributed by atoms with Gasteiger partial charge < -0.3 is 29.9 Å². The molecule has 4 N–H and O–H groups in total. The van der Waals surface area contributed by atoms with E-state index in [0.717, 1.165) is 6.92 Å².